The molecule has 3 N–H and O–H groups in total. The van der Waals surface area contributed by atoms with Gasteiger partial charge in [0.05, 0.1) is 0 Å². The van der Waals surface area contributed by atoms with Crippen molar-refractivity contribution < 1.29 is 0 Å². The van der Waals surface area contributed by atoms with Gasteiger partial charge in [0.1, 0.15) is 13.6 Å². The van der Waals surface area contributed by atoms with Crippen LogP contribution in [0.1, 0.15) is 0 Å². The molecule has 0 aliphatic carbocycles. The largest absolute Gasteiger partial charge is 0.383 e. The Labute approximate surface area is 60.1 Å². The number of nitrogens with zero attached hydrogens (tertiary/aromatic N) is 1. The van der Waals surface area contributed by atoms with Crippen molar-refractivity contribution in [3.8, 4) is 0 Å². The normalized spacial score (nSPS) is 10.6. The molecule has 0 atom stereocenters. The van der Waals surface area contributed by atoms with Gasteiger partial charge in [-0.1, -0.05) is 0 Å². The molecule has 0 amide bonds. The van der Waals surface area contributed by atoms with E-state index in [-0.39, 0.29) is 0 Å². The van der Waals surface area contributed by atoms with Crippen molar-refractivity contribution in [1.29, 1.82) is 1.34 Å². The Morgan fingerprint density at radius 2 is 2.78 bits per heavy atom. The molecule has 0 aliphatic heterocycles. The monoisotopic (exact) mass is 141 g/mol. The Hall–Kier alpha value is -0.705. The smallest absolute Gasteiger partial charge is 0.183 e. The first kappa shape index (κ1) is 5.11. The van der Waals surface area contributed by atoms with Gasteiger partial charge in [-0.2, -0.15) is 0 Å². The van der Waals surface area contributed by atoms with Crippen LogP contribution in [0.15, 0.2) is 0 Å². The minimum absolute atomic E-state index is 0.421. The van der Waals surface area contributed by atoms with E-state index in [2.05, 4.69) is 10.3 Å². The van der Waals surface area contributed by atoms with E-state index in [0.717, 1.165) is 5.13 Å². The molecule has 3 nitrogen and oxygen atoms in total. The molecule has 0 aliphatic rings. The molecule has 1 aromatic heterocycles. The fourth-order valence-electron chi connectivity index (χ4n) is 0.451. The van der Waals surface area contributed by atoms with E-state index in [0.29, 0.717) is 10.6 Å². The molecular weight excluding hydrogens is 133 g/mol. The number of thiazole rings is 1. The van der Waals surface area contributed by atoms with Crippen LogP contribution in [-0.2, 0) is 0 Å². The Kier molecular flexibility index (Phi) is 1.29. The lowest BCUT2D eigenvalue weighted by molar-refractivity contribution is 1.38. The number of aromatic nitrogens is 1. The molecule has 0 bridgehead atoms. The van der Waals surface area contributed by atoms with Crippen LogP contribution in [0.3, 0.4) is 0 Å². The Morgan fingerprint density at radius 3 is 3.11 bits per heavy atom. The van der Waals surface area contributed by atoms with Crippen LogP contribution in [0.2, 0.25) is 0 Å². The standard InChI is InChI=1S/C4H7BN3S/c1-7-4-8-3(6)2(5)9-4/h5H,6H2,1H3,(H,7,8)/i5D. The predicted octanol–water partition coefficient (Wildman–Crippen LogP) is -0.707. The molecule has 0 fully saturated rings. The highest BCUT2D eigenvalue weighted by Gasteiger charge is 1.99. The van der Waals surface area contributed by atoms with E-state index in [1.54, 1.807) is 7.05 Å². The number of nitrogen functional groups attached to an aromatic ring is 1. The van der Waals surface area contributed by atoms with Gasteiger partial charge in [0.25, 0.3) is 0 Å². The van der Waals surface area contributed by atoms with E-state index in [4.69, 9.17) is 7.07 Å². The summed E-state index contributed by atoms with van der Waals surface area (Å²) in [6, 6.07) is 0. The first-order valence-electron chi connectivity index (χ1n) is 3.01. The van der Waals surface area contributed by atoms with Crippen LogP contribution in [0, 0.1) is 0 Å². The Morgan fingerprint density at radius 1 is 2.00 bits per heavy atom. The number of nitrogens with two attached hydrogens (primary N) is 1. The van der Waals surface area contributed by atoms with Crippen LogP contribution in [0.25, 0.3) is 0 Å². The highest BCUT2D eigenvalue weighted by atomic mass is 32.1. The quantitative estimate of drug-likeness (QED) is 0.535. The van der Waals surface area contributed by atoms with Crippen LogP contribution < -0.4 is 15.8 Å². The summed E-state index contributed by atoms with van der Waals surface area (Å²) in [7, 11) is 2.97. The highest BCUT2D eigenvalue weighted by Crippen LogP contribution is 2.11. The van der Waals surface area contributed by atoms with Gasteiger partial charge < -0.3 is 11.1 Å². The molecule has 0 spiro atoms. The van der Waals surface area contributed by atoms with Crippen LogP contribution in [-0.4, -0.2) is 21.2 Å². The molecule has 47 valence electrons. The SMILES string of the molecule is [2H][B]c1sc(NC)nc1N. The number of hydrogen-bond acceptors (Lipinski definition) is 4. The van der Waals surface area contributed by atoms with Crippen molar-refractivity contribution in [2.45, 2.75) is 0 Å². The first-order valence-corrected chi connectivity index (χ1v) is 3.25. The highest BCUT2D eigenvalue weighted by molar-refractivity contribution is 7.23. The summed E-state index contributed by atoms with van der Waals surface area (Å²) < 4.78 is 7.61. The van der Waals surface area contributed by atoms with Crippen molar-refractivity contribution in [3.63, 3.8) is 0 Å². The zero-order chi connectivity index (χ0) is 7.56. The molecule has 0 saturated heterocycles. The van der Waals surface area contributed by atoms with Gasteiger partial charge in [-0.3, -0.25) is 0 Å². The van der Waals surface area contributed by atoms with Crippen LogP contribution in [0.5, 0.6) is 0 Å². The third-order valence-electron chi connectivity index (χ3n) is 0.895. The van der Waals surface area contributed by atoms with Crippen LogP contribution >= 0.6 is 11.3 Å². The average molecular weight is 141 g/mol. The molecule has 5 heteroatoms. The lowest BCUT2D eigenvalue weighted by Crippen LogP contribution is -2.02. The maximum atomic E-state index is 6.91. The molecule has 9 heavy (non-hydrogen) atoms. The molecular formula is C4H7BN3S. The maximum Gasteiger partial charge on any atom is 0.183 e. The van der Waals surface area contributed by atoms with Crippen molar-refractivity contribution in [2.24, 2.45) is 0 Å². The first-order chi connectivity index (χ1) is 4.77. The third-order valence-corrected chi connectivity index (χ3v) is 1.81. The lowest BCUT2D eigenvalue weighted by atomic mass is 10.1. The van der Waals surface area contributed by atoms with Gasteiger partial charge >= 0.3 is 0 Å². The third kappa shape index (κ3) is 1.16. The Bertz CT molecular complexity index is 226. The maximum absolute atomic E-state index is 6.91. The molecule has 1 heterocycles. The summed E-state index contributed by atoms with van der Waals surface area (Å²) in [5.74, 6) is 0.421. The van der Waals surface area contributed by atoms with Crippen molar-refractivity contribution >= 4 is 34.9 Å². The Balaban J connectivity index is 2.92. The van der Waals surface area contributed by atoms with E-state index in [9.17, 15) is 0 Å². The molecule has 0 aromatic carbocycles. The molecule has 0 saturated carbocycles. The number of rotatable bonds is 2. The minimum Gasteiger partial charge on any atom is -0.383 e. The van der Waals surface area contributed by atoms with E-state index in [1.807, 2.05) is 0 Å². The summed E-state index contributed by atoms with van der Waals surface area (Å²) in [4.78, 5) is 3.93. The van der Waals surface area contributed by atoms with Gasteiger partial charge in [0.15, 0.2) is 5.13 Å². The zero-order valence-electron chi connectivity index (χ0n) is 6.01. The number of anilines is 2. The van der Waals surface area contributed by atoms with Crippen molar-refractivity contribution in [3.05, 3.63) is 0 Å². The topological polar surface area (TPSA) is 50.9 Å². The summed E-state index contributed by atoms with van der Waals surface area (Å²) in [6.07, 6.45) is 0. The van der Waals surface area contributed by atoms with Crippen molar-refractivity contribution in [2.75, 3.05) is 18.1 Å². The van der Waals surface area contributed by atoms with Gasteiger partial charge in [0.2, 0.25) is 0 Å². The number of hydrogen-bond donors (Lipinski definition) is 2. The molecule has 0 unspecified atom stereocenters. The molecule has 1 radical (unpaired) electrons. The van der Waals surface area contributed by atoms with Gasteiger partial charge in [-0.15, -0.1) is 11.3 Å². The summed E-state index contributed by atoms with van der Waals surface area (Å²) in [5, 5.41) is 3.59. The minimum atomic E-state index is 0.421. The second-order valence-electron chi connectivity index (χ2n) is 1.52. The van der Waals surface area contributed by atoms with E-state index >= 15 is 0 Å². The van der Waals surface area contributed by atoms with Gasteiger partial charge in [-0.25, -0.2) is 4.98 Å². The van der Waals surface area contributed by atoms with Gasteiger partial charge in [-0.05, 0) is 1.34 Å². The summed E-state index contributed by atoms with van der Waals surface area (Å²) in [5.41, 5.74) is 5.44. The lowest BCUT2D eigenvalue weighted by Gasteiger charge is -1.85. The average Bonchev–Trinajstić information content (AvgIpc) is 2.30. The molecule has 1 rings (SSSR count). The second-order valence-corrected chi connectivity index (χ2v) is 2.55. The van der Waals surface area contributed by atoms with Crippen LogP contribution in [0.4, 0.5) is 10.9 Å². The fraction of sp³-hybridized carbons (Fsp3) is 0.250. The van der Waals surface area contributed by atoms with E-state index in [1.165, 1.54) is 19.1 Å². The summed E-state index contributed by atoms with van der Waals surface area (Å²) >= 11 is 1.37. The summed E-state index contributed by atoms with van der Waals surface area (Å²) in [6.45, 7) is 0. The van der Waals surface area contributed by atoms with Crippen molar-refractivity contribution in [1.82, 2.24) is 4.98 Å². The molecule has 1 aromatic rings. The number of nitrogens with one attached hydrogen (secondary N) is 1. The second kappa shape index (κ2) is 2.27. The predicted molar refractivity (Wildman–Crippen MR) is 42.9 cm³/mol. The zero-order valence-corrected chi connectivity index (χ0v) is 5.83. The van der Waals surface area contributed by atoms with Gasteiger partial charge in [0, 0.05) is 11.8 Å². The fourth-order valence-corrected chi connectivity index (χ4v) is 1.06. The van der Waals surface area contributed by atoms with E-state index < -0.39 is 0 Å².